The third-order valence-corrected chi connectivity index (χ3v) is 2.31. The van der Waals surface area contributed by atoms with Crippen LogP contribution in [0.5, 0.6) is 5.75 Å². The first-order valence-corrected chi connectivity index (χ1v) is 5.29. The number of benzene rings is 1. The van der Waals surface area contributed by atoms with E-state index in [1.165, 1.54) is 18.2 Å². The summed E-state index contributed by atoms with van der Waals surface area (Å²) in [6.45, 7) is -2.86. The van der Waals surface area contributed by atoms with Crippen molar-refractivity contribution in [2.45, 2.75) is 19.5 Å². The minimum atomic E-state index is -2.86. The molecule has 0 radical (unpaired) electrons. The molecule has 0 amide bonds. The van der Waals surface area contributed by atoms with E-state index in [9.17, 15) is 13.6 Å². The van der Waals surface area contributed by atoms with E-state index in [1.54, 1.807) is 0 Å². The molecule has 0 spiro atoms. The summed E-state index contributed by atoms with van der Waals surface area (Å²) in [6, 6.07) is 4.26. The van der Waals surface area contributed by atoms with Gasteiger partial charge in [0.2, 0.25) is 0 Å². The lowest BCUT2D eigenvalue weighted by molar-refractivity contribution is -0.0498. The maximum absolute atomic E-state index is 12.0. The Hall–Kier alpha value is -1.16. The van der Waals surface area contributed by atoms with Gasteiger partial charge in [-0.3, -0.25) is 4.79 Å². The van der Waals surface area contributed by atoms with E-state index in [0.29, 0.717) is 36.1 Å². The Morgan fingerprint density at radius 1 is 1.44 bits per heavy atom. The number of aryl methyl sites for hydroxylation is 1. The van der Waals surface area contributed by atoms with Gasteiger partial charge in [-0.25, -0.2) is 0 Å². The summed E-state index contributed by atoms with van der Waals surface area (Å²) in [4.78, 5) is 10.7. The summed E-state index contributed by atoms with van der Waals surface area (Å²) >= 11 is 5.53. The second kappa shape index (κ2) is 6.43. The van der Waals surface area contributed by atoms with E-state index in [1.807, 2.05) is 0 Å². The van der Waals surface area contributed by atoms with Crippen LogP contribution in [-0.4, -0.2) is 18.8 Å². The Morgan fingerprint density at radius 2 is 2.19 bits per heavy atom. The van der Waals surface area contributed by atoms with Crippen LogP contribution in [-0.2, 0) is 6.42 Å². The molecule has 0 aliphatic heterocycles. The number of hydrogen-bond acceptors (Lipinski definition) is 2. The highest BCUT2D eigenvalue weighted by atomic mass is 35.5. The van der Waals surface area contributed by atoms with Crippen LogP contribution in [0.25, 0.3) is 0 Å². The van der Waals surface area contributed by atoms with Gasteiger partial charge in [0.1, 0.15) is 12.0 Å². The number of rotatable bonds is 6. The summed E-state index contributed by atoms with van der Waals surface area (Å²) in [5.74, 6) is 0.517. The minimum Gasteiger partial charge on any atom is -0.435 e. The third kappa shape index (κ3) is 3.77. The van der Waals surface area contributed by atoms with Crippen LogP contribution in [0.15, 0.2) is 18.2 Å². The van der Waals surface area contributed by atoms with E-state index >= 15 is 0 Å². The number of carbonyl (C=O) groups excluding carboxylic acids is 1. The van der Waals surface area contributed by atoms with Crippen molar-refractivity contribution in [3.05, 3.63) is 29.3 Å². The molecule has 1 aromatic rings. The zero-order valence-corrected chi connectivity index (χ0v) is 9.21. The summed E-state index contributed by atoms with van der Waals surface area (Å²) in [5.41, 5.74) is 1.15. The first-order chi connectivity index (χ1) is 7.67. The fourth-order valence-electron chi connectivity index (χ4n) is 1.35. The highest BCUT2D eigenvalue weighted by Gasteiger charge is 2.08. The van der Waals surface area contributed by atoms with Crippen molar-refractivity contribution < 1.29 is 18.3 Å². The van der Waals surface area contributed by atoms with Crippen LogP contribution >= 0.6 is 11.6 Å². The monoisotopic (exact) mass is 248 g/mol. The first-order valence-electron chi connectivity index (χ1n) is 4.76. The van der Waals surface area contributed by atoms with E-state index < -0.39 is 6.61 Å². The number of carbonyl (C=O) groups is 1. The number of alkyl halides is 3. The lowest BCUT2D eigenvalue weighted by atomic mass is 10.0. The van der Waals surface area contributed by atoms with Crippen LogP contribution in [0.1, 0.15) is 22.3 Å². The average molecular weight is 249 g/mol. The second-order valence-electron chi connectivity index (χ2n) is 3.15. The summed E-state index contributed by atoms with van der Waals surface area (Å²) in [6.07, 6.45) is 1.94. The van der Waals surface area contributed by atoms with Crippen LogP contribution in [0.2, 0.25) is 0 Å². The van der Waals surface area contributed by atoms with Crippen molar-refractivity contribution in [2.75, 3.05) is 5.88 Å². The molecular weight excluding hydrogens is 238 g/mol. The van der Waals surface area contributed by atoms with Crippen molar-refractivity contribution in [3.8, 4) is 5.75 Å². The Kier molecular flexibility index (Phi) is 5.19. The van der Waals surface area contributed by atoms with Gasteiger partial charge in [0.05, 0.1) is 0 Å². The standard InChI is InChI=1S/C11H11ClF2O2/c12-5-1-2-8-6-10(16-11(13)14)4-3-9(8)7-15/h3-4,6-7,11H,1-2,5H2. The van der Waals surface area contributed by atoms with Gasteiger partial charge in [-0.05, 0) is 36.6 Å². The molecule has 0 unspecified atom stereocenters. The highest BCUT2D eigenvalue weighted by molar-refractivity contribution is 6.17. The van der Waals surface area contributed by atoms with Crippen molar-refractivity contribution in [2.24, 2.45) is 0 Å². The third-order valence-electron chi connectivity index (χ3n) is 2.05. The fraction of sp³-hybridized carbons (Fsp3) is 0.364. The number of halogens is 3. The lowest BCUT2D eigenvalue weighted by Gasteiger charge is -2.08. The predicted octanol–water partition coefficient (Wildman–Crippen LogP) is 3.27. The molecule has 0 bridgehead atoms. The van der Waals surface area contributed by atoms with Gasteiger partial charge in [-0.2, -0.15) is 8.78 Å². The zero-order chi connectivity index (χ0) is 12.0. The fourth-order valence-corrected chi connectivity index (χ4v) is 1.48. The van der Waals surface area contributed by atoms with Gasteiger partial charge in [-0.1, -0.05) is 0 Å². The molecule has 0 aromatic heterocycles. The van der Waals surface area contributed by atoms with Crippen LogP contribution < -0.4 is 4.74 Å². The molecule has 2 nitrogen and oxygen atoms in total. The van der Waals surface area contributed by atoms with E-state index in [4.69, 9.17) is 11.6 Å². The predicted molar refractivity (Wildman–Crippen MR) is 57.5 cm³/mol. The molecule has 0 heterocycles. The SMILES string of the molecule is O=Cc1ccc(OC(F)F)cc1CCCCl. The number of ether oxygens (including phenoxy) is 1. The van der Waals surface area contributed by atoms with E-state index in [2.05, 4.69) is 4.74 Å². The van der Waals surface area contributed by atoms with Crippen molar-refractivity contribution in [1.82, 2.24) is 0 Å². The van der Waals surface area contributed by atoms with Gasteiger partial charge in [0.15, 0.2) is 0 Å². The number of aldehydes is 1. The quantitative estimate of drug-likeness (QED) is 0.571. The highest BCUT2D eigenvalue weighted by Crippen LogP contribution is 2.20. The topological polar surface area (TPSA) is 26.3 Å². The molecule has 0 aliphatic carbocycles. The Labute approximate surface area is 97.2 Å². The van der Waals surface area contributed by atoms with Gasteiger partial charge in [-0.15, -0.1) is 11.6 Å². The molecule has 16 heavy (non-hydrogen) atoms. The van der Waals surface area contributed by atoms with E-state index in [0.717, 1.165) is 0 Å². The average Bonchev–Trinajstić information content (AvgIpc) is 2.25. The lowest BCUT2D eigenvalue weighted by Crippen LogP contribution is -2.03. The summed E-state index contributed by atoms with van der Waals surface area (Å²) < 4.78 is 28.2. The Morgan fingerprint density at radius 3 is 2.75 bits per heavy atom. The van der Waals surface area contributed by atoms with Gasteiger partial charge in [0.25, 0.3) is 0 Å². The van der Waals surface area contributed by atoms with Crippen LogP contribution in [0, 0.1) is 0 Å². The molecule has 5 heteroatoms. The molecule has 0 N–H and O–H groups in total. The molecule has 1 aromatic carbocycles. The largest absolute Gasteiger partial charge is 0.435 e. The molecule has 0 aliphatic rings. The first kappa shape index (κ1) is 12.9. The summed E-state index contributed by atoms with van der Waals surface area (Å²) in [7, 11) is 0. The van der Waals surface area contributed by atoms with Gasteiger partial charge in [0, 0.05) is 11.4 Å². The number of hydrogen-bond donors (Lipinski definition) is 0. The maximum atomic E-state index is 12.0. The molecule has 0 saturated heterocycles. The van der Waals surface area contributed by atoms with Crippen molar-refractivity contribution in [3.63, 3.8) is 0 Å². The van der Waals surface area contributed by atoms with Crippen LogP contribution in [0.4, 0.5) is 8.78 Å². The molecule has 0 fully saturated rings. The smallest absolute Gasteiger partial charge is 0.387 e. The molecule has 0 saturated carbocycles. The second-order valence-corrected chi connectivity index (χ2v) is 3.53. The van der Waals surface area contributed by atoms with Crippen molar-refractivity contribution >= 4 is 17.9 Å². The molecule has 1 rings (SSSR count). The van der Waals surface area contributed by atoms with Crippen LogP contribution in [0.3, 0.4) is 0 Å². The molecular formula is C11H11ClF2O2. The summed E-state index contributed by atoms with van der Waals surface area (Å²) in [5, 5.41) is 0. The van der Waals surface area contributed by atoms with E-state index in [-0.39, 0.29) is 5.75 Å². The van der Waals surface area contributed by atoms with Gasteiger partial charge >= 0.3 is 6.61 Å². The normalized spacial score (nSPS) is 10.5. The maximum Gasteiger partial charge on any atom is 0.387 e. The molecule has 88 valence electrons. The van der Waals surface area contributed by atoms with Crippen molar-refractivity contribution in [1.29, 1.82) is 0 Å². The Balaban J connectivity index is 2.87. The minimum absolute atomic E-state index is 0.0603. The molecule has 0 atom stereocenters. The zero-order valence-electron chi connectivity index (χ0n) is 8.46. The van der Waals surface area contributed by atoms with Gasteiger partial charge < -0.3 is 4.74 Å². The Bertz CT molecular complexity index is 356.